The number of nitrogens with one attached hydrogen (secondary N) is 1. The lowest BCUT2D eigenvalue weighted by Crippen LogP contribution is -2.42. The molecule has 0 spiro atoms. The molecule has 0 bridgehead atoms. The lowest BCUT2D eigenvalue weighted by Gasteiger charge is -2.31. The molecule has 0 aliphatic rings. The van der Waals surface area contributed by atoms with E-state index in [4.69, 9.17) is 0 Å². The Hall–Kier alpha value is -0.0600. The summed E-state index contributed by atoms with van der Waals surface area (Å²) in [6, 6.07) is 4.49. The second-order valence-electron chi connectivity index (χ2n) is 5.47. The summed E-state index contributed by atoms with van der Waals surface area (Å²) in [5, 5.41) is 4.71. The minimum Gasteiger partial charge on any atom is -0.313 e. The van der Waals surface area contributed by atoms with E-state index in [9.17, 15) is 0 Å². The Balaban J connectivity index is 2.59. The Morgan fingerprint density at radius 2 is 2.17 bits per heavy atom. The predicted molar refractivity (Wildman–Crippen MR) is 84.2 cm³/mol. The first-order chi connectivity index (χ1) is 8.45. The molecule has 1 aromatic rings. The van der Waals surface area contributed by atoms with Gasteiger partial charge in [0.05, 0.1) is 0 Å². The fourth-order valence-corrected chi connectivity index (χ4v) is 3.46. The van der Waals surface area contributed by atoms with E-state index in [-0.39, 0.29) is 5.41 Å². The monoisotopic (exact) mass is 330 g/mol. The summed E-state index contributed by atoms with van der Waals surface area (Å²) in [5.74, 6) is 1.04. The summed E-state index contributed by atoms with van der Waals surface area (Å²) in [4.78, 5) is 4.40. The molecule has 0 aliphatic carbocycles. The summed E-state index contributed by atoms with van der Waals surface area (Å²) >= 11 is 5.36. The summed E-state index contributed by atoms with van der Waals surface area (Å²) in [5.41, 5.74) is 0.267. The highest BCUT2D eigenvalue weighted by molar-refractivity contribution is 9.10. The lowest BCUT2D eigenvalue weighted by molar-refractivity contribution is 0.292. The molecule has 0 aliphatic heterocycles. The van der Waals surface area contributed by atoms with Gasteiger partial charge in [0.25, 0.3) is 0 Å². The third-order valence-corrected chi connectivity index (χ3v) is 4.80. The van der Waals surface area contributed by atoms with Crippen LogP contribution in [0.5, 0.6) is 0 Å². The second-order valence-corrected chi connectivity index (χ2v) is 7.34. The van der Waals surface area contributed by atoms with Gasteiger partial charge in [0.1, 0.15) is 5.03 Å². The first-order valence-electron chi connectivity index (χ1n) is 6.42. The summed E-state index contributed by atoms with van der Waals surface area (Å²) in [6.45, 7) is 10.1. The first-order valence-corrected chi connectivity index (χ1v) is 8.19. The quantitative estimate of drug-likeness (QED) is 0.785. The fourth-order valence-electron chi connectivity index (χ4n) is 1.57. The molecule has 1 unspecified atom stereocenters. The maximum atomic E-state index is 4.40. The van der Waals surface area contributed by atoms with E-state index in [0.29, 0.717) is 6.04 Å². The molecule has 1 atom stereocenters. The molecule has 1 heterocycles. The van der Waals surface area contributed by atoms with Crippen molar-refractivity contribution in [3.8, 4) is 0 Å². The number of hydrogen-bond acceptors (Lipinski definition) is 3. The molecule has 0 amide bonds. The molecule has 0 fully saturated rings. The highest BCUT2D eigenvalue weighted by Gasteiger charge is 2.24. The number of rotatable bonds is 6. The smallest absolute Gasteiger partial charge is 0.110 e. The lowest BCUT2D eigenvalue weighted by atomic mass is 9.88. The van der Waals surface area contributed by atoms with Crippen molar-refractivity contribution in [1.29, 1.82) is 0 Å². The molecule has 2 nitrogen and oxygen atoms in total. The number of pyridine rings is 1. The Morgan fingerprint density at radius 3 is 2.72 bits per heavy atom. The maximum absolute atomic E-state index is 4.40. The maximum Gasteiger partial charge on any atom is 0.110 e. The zero-order valence-corrected chi connectivity index (χ0v) is 14.1. The van der Waals surface area contributed by atoms with Crippen LogP contribution in [0.15, 0.2) is 27.8 Å². The van der Waals surface area contributed by atoms with Gasteiger partial charge in [0, 0.05) is 22.5 Å². The average molecular weight is 331 g/mol. The van der Waals surface area contributed by atoms with Gasteiger partial charge < -0.3 is 5.32 Å². The number of thioether (sulfide) groups is 1. The predicted octanol–water partition coefficient (Wildman–Crippen LogP) is 4.35. The fraction of sp³-hybridized carbons (Fsp3) is 0.643. The normalized spacial score (nSPS) is 13.6. The number of nitrogens with zero attached hydrogens (tertiary/aromatic N) is 1. The average Bonchev–Trinajstić information content (AvgIpc) is 2.29. The van der Waals surface area contributed by atoms with E-state index in [0.717, 1.165) is 21.8 Å². The standard InChI is InChI=1S/C14H23BrN2S/c1-5-8-16-12(14(2,3)4)10-18-13-11(15)7-6-9-17-13/h6-7,9,12,16H,5,8,10H2,1-4H3. The Morgan fingerprint density at radius 1 is 1.44 bits per heavy atom. The van der Waals surface area contributed by atoms with Crippen LogP contribution in [0.25, 0.3) is 0 Å². The Labute approximate surface area is 123 Å². The van der Waals surface area contributed by atoms with Crippen LogP contribution < -0.4 is 5.32 Å². The molecule has 1 rings (SSSR count). The highest BCUT2D eigenvalue weighted by Crippen LogP contribution is 2.29. The van der Waals surface area contributed by atoms with Crippen LogP contribution in [0.1, 0.15) is 34.1 Å². The zero-order chi connectivity index (χ0) is 13.6. The van der Waals surface area contributed by atoms with Gasteiger partial charge in [-0.1, -0.05) is 27.7 Å². The second kappa shape index (κ2) is 7.51. The van der Waals surface area contributed by atoms with Crippen LogP contribution in [0.2, 0.25) is 0 Å². The summed E-state index contributed by atoms with van der Waals surface area (Å²) in [7, 11) is 0. The zero-order valence-electron chi connectivity index (χ0n) is 11.7. The van der Waals surface area contributed by atoms with Gasteiger partial charge in [-0.25, -0.2) is 4.98 Å². The van der Waals surface area contributed by atoms with Gasteiger partial charge in [-0.3, -0.25) is 0 Å². The molecular formula is C14H23BrN2S. The minimum atomic E-state index is 0.267. The molecule has 0 saturated carbocycles. The van der Waals surface area contributed by atoms with Crippen molar-refractivity contribution in [3.05, 3.63) is 22.8 Å². The Kier molecular flexibility index (Phi) is 6.67. The van der Waals surface area contributed by atoms with Gasteiger partial charge in [-0.05, 0) is 46.4 Å². The minimum absolute atomic E-state index is 0.267. The van der Waals surface area contributed by atoms with Gasteiger partial charge in [-0.15, -0.1) is 11.8 Å². The third kappa shape index (κ3) is 5.29. The largest absolute Gasteiger partial charge is 0.313 e. The highest BCUT2D eigenvalue weighted by atomic mass is 79.9. The molecule has 1 N–H and O–H groups in total. The number of aromatic nitrogens is 1. The van der Waals surface area contributed by atoms with E-state index in [1.165, 1.54) is 6.42 Å². The van der Waals surface area contributed by atoms with Crippen molar-refractivity contribution in [2.24, 2.45) is 5.41 Å². The molecular weight excluding hydrogens is 308 g/mol. The van der Waals surface area contributed by atoms with E-state index >= 15 is 0 Å². The van der Waals surface area contributed by atoms with Gasteiger partial charge in [0.15, 0.2) is 0 Å². The molecule has 102 valence electrons. The van der Waals surface area contributed by atoms with Crippen LogP contribution in [-0.4, -0.2) is 23.3 Å². The molecule has 0 saturated heterocycles. The van der Waals surface area contributed by atoms with E-state index in [1.54, 1.807) is 0 Å². The number of hydrogen-bond donors (Lipinski definition) is 1. The van der Waals surface area contributed by atoms with Crippen LogP contribution >= 0.6 is 27.7 Å². The molecule has 18 heavy (non-hydrogen) atoms. The number of halogens is 1. The molecule has 4 heteroatoms. The van der Waals surface area contributed by atoms with Crippen molar-refractivity contribution < 1.29 is 0 Å². The SMILES string of the molecule is CCCNC(CSc1ncccc1Br)C(C)(C)C. The van der Waals surface area contributed by atoms with Crippen LogP contribution in [0, 0.1) is 5.41 Å². The van der Waals surface area contributed by atoms with E-state index in [2.05, 4.69) is 53.9 Å². The summed E-state index contributed by atoms with van der Waals surface area (Å²) < 4.78 is 1.08. The molecule has 0 aromatic carbocycles. The van der Waals surface area contributed by atoms with E-state index < -0.39 is 0 Å². The topological polar surface area (TPSA) is 24.9 Å². The van der Waals surface area contributed by atoms with Gasteiger partial charge in [0.2, 0.25) is 0 Å². The first kappa shape index (κ1) is 16.0. The Bertz CT molecular complexity index is 363. The third-order valence-electron chi connectivity index (χ3n) is 2.80. The van der Waals surface area contributed by atoms with Crippen LogP contribution in [0.4, 0.5) is 0 Å². The van der Waals surface area contributed by atoms with Crippen molar-refractivity contribution >= 4 is 27.7 Å². The van der Waals surface area contributed by atoms with E-state index in [1.807, 2.05) is 30.1 Å². The van der Waals surface area contributed by atoms with Crippen molar-refractivity contribution in [2.45, 2.75) is 45.2 Å². The van der Waals surface area contributed by atoms with Crippen molar-refractivity contribution in [1.82, 2.24) is 10.3 Å². The molecule has 1 aromatic heterocycles. The van der Waals surface area contributed by atoms with Gasteiger partial charge >= 0.3 is 0 Å². The summed E-state index contributed by atoms with van der Waals surface area (Å²) in [6.07, 6.45) is 3.02. The molecule has 0 radical (unpaired) electrons. The van der Waals surface area contributed by atoms with Crippen molar-refractivity contribution in [2.75, 3.05) is 12.3 Å². The van der Waals surface area contributed by atoms with Crippen molar-refractivity contribution in [3.63, 3.8) is 0 Å². The van der Waals surface area contributed by atoms with Gasteiger partial charge in [-0.2, -0.15) is 0 Å². The van der Waals surface area contributed by atoms with Crippen LogP contribution in [0.3, 0.4) is 0 Å². The van der Waals surface area contributed by atoms with Crippen LogP contribution in [-0.2, 0) is 0 Å².